The molecule has 2 amide bonds. The van der Waals surface area contributed by atoms with Crippen molar-refractivity contribution in [3.05, 3.63) is 118 Å². The van der Waals surface area contributed by atoms with E-state index in [9.17, 15) is 4.79 Å². The van der Waals surface area contributed by atoms with Crippen molar-refractivity contribution in [2.24, 2.45) is 5.41 Å². The molecule has 220 valence electrons. The maximum absolute atomic E-state index is 14.5. The van der Waals surface area contributed by atoms with Crippen LogP contribution < -0.4 is 15.0 Å². The zero-order valence-corrected chi connectivity index (χ0v) is 28.2. The molecule has 10 heteroatoms. The number of ether oxygens (including phenoxy) is 1. The summed E-state index contributed by atoms with van der Waals surface area (Å²) in [5.41, 5.74) is 0.805. The fraction of sp³-hybridized carbons (Fsp3) is 0.281. The lowest BCUT2D eigenvalue weighted by Gasteiger charge is -2.56. The van der Waals surface area contributed by atoms with Gasteiger partial charge in [0.15, 0.2) is 0 Å². The van der Waals surface area contributed by atoms with Crippen LogP contribution >= 0.6 is 23.2 Å². The molecule has 0 unspecified atom stereocenters. The van der Waals surface area contributed by atoms with Crippen molar-refractivity contribution in [2.75, 3.05) is 12.0 Å². The number of urea groups is 1. The van der Waals surface area contributed by atoms with Gasteiger partial charge in [0.05, 0.1) is 19.1 Å². The molecule has 1 aromatic heterocycles. The number of nitrogens with one attached hydrogen (secondary N) is 1. The second-order valence-corrected chi connectivity index (χ2v) is 12.2. The zero-order valence-electron chi connectivity index (χ0n) is 24.7. The SMILES string of the molecule is COc1ccc(N(Cc2cnc(Cl)nc2Cl)C(=O)N[C@@](C)(O[SiH3])C(c2ccccc2)(c2ccccc2)C(C)(C)C)cc1. The maximum Gasteiger partial charge on any atom is 0.324 e. The Morgan fingerprint density at radius 3 is 1.90 bits per heavy atom. The second-order valence-electron chi connectivity index (χ2n) is 11.1. The van der Waals surface area contributed by atoms with E-state index >= 15 is 0 Å². The van der Waals surface area contributed by atoms with Crippen molar-refractivity contribution < 1.29 is 14.0 Å². The largest absolute Gasteiger partial charge is 0.497 e. The Bertz CT molecular complexity index is 1460. The number of aromatic nitrogens is 2. The summed E-state index contributed by atoms with van der Waals surface area (Å²) in [6, 6.07) is 27.2. The number of nitrogens with zero attached hydrogens (tertiary/aromatic N) is 3. The van der Waals surface area contributed by atoms with Gasteiger partial charge in [-0.1, -0.05) is 93.0 Å². The van der Waals surface area contributed by atoms with Gasteiger partial charge in [-0.05, 0) is 59.3 Å². The summed E-state index contributed by atoms with van der Waals surface area (Å²) in [4.78, 5) is 24.2. The molecule has 7 nitrogen and oxygen atoms in total. The molecule has 1 heterocycles. The van der Waals surface area contributed by atoms with Crippen molar-refractivity contribution in [3.8, 4) is 5.75 Å². The van der Waals surface area contributed by atoms with E-state index in [1.807, 2.05) is 55.5 Å². The molecule has 0 radical (unpaired) electrons. The normalized spacial score (nSPS) is 13.3. The van der Waals surface area contributed by atoms with Gasteiger partial charge in [-0.15, -0.1) is 0 Å². The van der Waals surface area contributed by atoms with Crippen molar-refractivity contribution >= 4 is 45.4 Å². The number of anilines is 1. The number of halogens is 2. The van der Waals surface area contributed by atoms with E-state index in [2.05, 4.69) is 60.3 Å². The minimum absolute atomic E-state index is 0.0294. The molecular formula is C32H36Cl2N4O3Si. The minimum atomic E-state index is -1.18. The number of carbonyl (C=O) groups excluding carboxylic acids is 1. The highest BCUT2D eigenvalue weighted by atomic mass is 35.5. The summed E-state index contributed by atoms with van der Waals surface area (Å²) >= 11 is 12.4. The van der Waals surface area contributed by atoms with Crippen molar-refractivity contribution in [2.45, 2.75) is 45.4 Å². The first-order chi connectivity index (χ1) is 20.0. The number of carbonyl (C=O) groups is 1. The molecule has 0 spiro atoms. The van der Waals surface area contributed by atoms with Crippen LogP contribution in [0.3, 0.4) is 0 Å². The Kier molecular flexibility index (Phi) is 9.62. The van der Waals surface area contributed by atoms with Crippen LogP contribution in [-0.4, -0.2) is 39.3 Å². The molecule has 42 heavy (non-hydrogen) atoms. The van der Waals surface area contributed by atoms with E-state index in [1.54, 1.807) is 24.1 Å². The smallest absolute Gasteiger partial charge is 0.324 e. The first-order valence-corrected chi connectivity index (χ1v) is 15.1. The summed E-state index contributed by atoms with van der Waals surface area (Å²) in [6.07, 6.45) is 1.53. The standard InChI is InChI=1S/C32H36Cl2N4O3Si/c1-30(2,3)32(23-12-8-6-9-13-23,24-14-10-7-11-15-24)31(4,41-42)37-29(39)38(25-16-18-26(40-5)19-17-25)21-22-20-35-28(34)36-27(22)33/h6-20H,21H2,1-5,42H3,(H,37,39)/t31-/m0/s1. The minimum Gasteiger partial charge on any atom is -0.497 e. The maximum atomic E-state index is 14.5. The fourth-order valence-corrected chi connectivity index (χ4v) is 6.70. The molecule has 0 bridgehead atoms. The zero-order chi connectivity index (χ0) is 30.5. The molecule has 0 saturated carbocycles. The molecule has 1 atom stereocenters. The number of rotatable bonds is 9. The summed E-state index contributed by atoms with van der Waals surface area (Å²) in [6.45, 7) is 8.55. The van der Waals surface area contributed by atoms with Crippen molar-refractivity contribution in [1.82, 2.24) is 15.3 Å². The molecule has 3 aromatic carbocycles. The van der Waals surface area contributed by atoms with Gasteiger partial charge < -0.3 is 14.5 Å². The van der Waals surface area contributed by atoms with E-state index in [0.717, 1.165) is 11.1 Å². The van der Waals surface area contributed by atoms with Crippen LogP contribution in [-0.2, 0) is 16.4 Å². The van der Waals surface area contributed by atoms with Gasteiger partial charge in [0.1, 0.15) is 27.1 Å². The van der Waals surface area contributed by atoms with Crippen LogP contribution in [0, 0.1) is 5.41 Å². The Morgan fingerprint density at radius 1 is 0.905 bits per heavy atom. The highest BCUT2D eigenvalue weighted by Gasteiger charge is 2.59. The highest BCUT2D eigenvalue weighted by molar-refractivity contribution is 6.32. The predicted molar refractivity (Wildman–Crippen MR) is 172 cm³/mol. The van der Waals surface area contributed by atoms with Crippen LogP contribution in [0.25, 0.3) is 0 Å². The number of hydrogen-bond donors (Lipinski definition) is 1. The van der Waals surface area contributed by atoms with Crippen LogP contribution in [0.2, 0.25) is 10.4 Å². The summed E-state index contributed by atoms with van der Waals surface area (Å²) in [5, 5.41) is 3.52. The van der Waals surface area contributed by atoms with E-state index in [0.29, 0.717) is 27.5 Å². The lowest BCUT2D eigenvalue weighted by Crippen LogP contribution is -2.68. The number of hydrogen-bond acceptors (Lipinski definition) is 5. The molecule has 0 aliphatic rings. The van der Waals surface area contributed by atoms with Gasteiger partial charge in [-0.25, -0.2) is 14.8 Å². The van der Waals surface area contributed by atoms with Gasteiger partial charge in [0.2, 0.25) is 5.28 Å². The van der Waals surface area contributed by atoms with Gasteiger partial charge in [0.25, 0.3) is 0 Å². The van der Waals surface area contributed by atoms with E-state index < -0.39 is 16.6 Å². The predicted octanol–water partition coefficient (Wildman–Crippen LogP) is 6.55. The van der Waals surface area contributed by atoms with Crippen LogP contribution in [0.5, 0.6) is 5.75 Å². The summed E-state index contributed by atoms with van der Waals surface area (Å²) in [5.74, 6) is 0.666. The molecule has 4 aromatic rings. The first kappa shape index (κ1) is 31.5. The quantitative estimate of drug-likeness (QED) is 0.0991. The van der Waals surface area contributed by atoms with Gasteiger partial charge in [-0.2, -0.15) is 0 Å². The molecule has 0 fully saturated rings. The van der Waals surface area contributed by atoms with Crippen LogP contribution in [0.1, 0.15) is 44.4 Å². The van der Waals surface area contributed by atoms with Gasteiger partial charge >= 0.3 is 6.03 Å². The second kappa shape index (κ2) is 12.8. The number of amides is 2. The van der Waals surface area contributed by atoms with E-state index in [4.69, 9.17) is 32.4 Å². The van der Waals surface area contributed by atoms with Crippen LogP contribution in [0.15, 0.2) is 91.1 Å². The molecule has 1 N–H and O–H groups in total. The van der Waals surface area contributed by atoms with Gasteiger partial charge in [-0.3, -0.25) is 4.90 Å². The van der Waals surface area contributed by atoms with Crippen molar-refractivity contribution in [3.63, 3.8) is 0 Å². The molecule has 0 saturated heterocycles. The Labute approximate surface area is 260 Å². The third-order valence-corrected chi connectivity index (χ3v) is 9.07. The summed E-state index contributed by atoms with van der Waals surface area (Å²) in [7, 11) is 1.95. The average Bonchev–Trinajstić information content (AvgIpc) is 2.97. The monoisotopic (exact) mass is 622 g/mol. The Hall–Kier alpha value is -3.43. The molecule has 0 aliphatic carbocycles. The van der Waals surface area contributed by atoms with Crippen molar-refractivity contribution in [1.29, 1.82) is 0 Å². The first-order valence-electron chi connectivity index (χ1n) is 13.5. The Morgan fingerprint density at radius 2 is 1.45 bits per heavy atom. The van der Waals surface area contributed by atoms with E-state index in [1.165, 1.54) is 6.20 Å². The van der Waals surface area contributed by atoms with Crippen LogP contribution in [0.4, 0.5) is 10.5 Å². The number of benzene rings is 3. The lowest BCUT2D eigenvalue weighted by molar-refractivity contribution is -0.0440. The molecule has 0 aliphatic heterocycles. The van der Waals surface area contributed by atoms with Gasteiger partial charge in [0, 0.05) is 17.4 Å². The Balaban J connectivity index is 1.88. The highest BCUT2D eigenvalue weighted by Crippen LogP contribution is 2.54. The summed E-state index contributed by atoms with van der Waals surface area (Å²) < 4.78 is 11.9. The molecular weight excluding hydrogens is 587 g/mol. The fourth-order valence-electron chi connectivity index (χ4n) is 5.93. The van der Waals surface area contributed by atoms with E-state index in [-0.39, 0.29) is 23.0 Å². The third kappa shape index (κ3) is 6.03. The lowest BCUT2D eigenvalue weighted by atomic mass is 9.54. The topological polar surface area (TPSA) is 76.6 Å². The molecule has 4 rings (SSSR count). The number of methoxy groups -OCH3 is 1. The average molecular weight is 624 g/mol. The third-order valence-electron chi connectivity index (χ3n) is 7.75.